The molecule has 0 radical (unpaired) electrons. The number of carbonyl (C=O) groups excluding carboxylic acids is 1. The fourth-order valence-electron chi connectivity index (χ4n) is 2.40. The molecule has 0 aliphatic carbocycles. The molecule has 5 nitrogen and oxygen atoms in total. The summed E-state index contributed by atoms with van der Waals surface area (Å²) in [5, 5.41) is 2.86. The summed E-state index contributed by atoms with van der Waals surface area (Å²) in [6, 6.07) is -0.511. The fourth-order valence-corrected chi connectivity index (χ4v) is 3.53. The average molecular weight is 290 g/mol. The summed E-state index contributed by atoms with van der Waals surface area (Å²) in [6.07, 6.45) is 5.57. The second kappa shape index (κ2) is 7.24. The summed E-state index contributed by atoms with van der Waals surface area (Å²) < 4.78 is 24.7. The lowest BCUT2D eigenvalue weighted by atomic mass is 10.0. The van der Waals surface area contributed by atoms with Crippen LogP contribution in [0.4, 0.5) is 0 Å². The van der Waals surface area contributed by atoms with Gasteiger partial charge in [0.25, 0.3) is 0 Å². The molecule has 19 heavy (non-hydrogen) atoms. The van der Waals surface area contributed by atoms with Crippen molar-refractivity contribution in [1.29, 1.82) is 0 Å². The average Bonchev–Trinajstić information content (AvgIpc) is 2.33. The van der Waals surface area contributed by atoms with E-state index in [9.17, 15) is 13.2 Å². The molecular formula is C13H26N2O3S. The highest BCUT2D eigenvalue weighted by Gasteiger charge is 2.34. The summed E-state index contributed by atoms with van der Waals surface area (Å²) in [5.41, 5.74) is 0. The molecule has 1 aliphatic heterocycles. The Bertz CT molecular complexity index is 393. The first-order valence-electron chi connectivity index (χ1n) is 7.07. The molecule has 1 amide bonds. The van der Waals surface area contributed by atoms with E-state index in [0.717, 1.165) is 25.7 Å². The quantitative estimate of drug-likeness (QED) is 0.751. The predicted octanol–water partition coefficient (Wildman–Crippen LogP) is 1.35. The number of nitrogens with one attached hydrogen (secondary N) is 1. The van der Waals surface area contributed by atoms with E-state index in [1.165, 1.54) is 10.6 Å². The maximum atomic E-state index is 12.1. The Balaban J connectivity index is 2.49. The maximum absolute atomic E-state index is 12.1. The summed E-state index contributed by atoms with van der Waals surface area (Å²) in [4.78, 5) is 12.1. The minimum Gasteiger partial charge on any atom is -0.355 e. The number of hydrogen-bond donors (Lipinski definition) is 1. The molecule has 0 saturated carbocycles. The number of amides is 1. The van der Waals surface area contributed by atoms with Gasteiger partial charge >= 0.3 is 0 Å². The van der Waals surface area contributed by atoms with E-state index in [2.05, 4.69) is 19.2 Å². The number of sulfonamides is 1. The largest absolute Gasteiger partial charge is 0.355 e. The molecule has 1 N–H and O–H groups in total. The normalized spacial score (nSPS) is 21.6. The van der Waals surface area contributed by atoms with Crippen LogP contribution in [0.25, 0.3) is 0 Å². The minimum atomic E-state index is -3.29. The van der Waals surface area contributed by atoms with Gasteiger partial charge in [-0.15, -0.1) is 0 Å². The standard InChI is InChI=1S/C13H26N2O3S/c1-11(2)7-6-9-14-13(16)12-8-4-5-10-15(12)19(3,17)18/h11-12H,4-10H2,1-3H3,(H,14,16). The first kappa shape index (κ1) is 16.4. The molecule has 1 rings (SSSR count). The molecule has 1 aliphatic rings. The van der Waals surface area contributed by atoms with Gasteiger partial charge in [0.2, 0.25) is 15.9 Å². The maximum Gasteiger partial charge on any atom is 0.238 e. The monoisotopic (exact) mass is 290 g/mol. The third-order valence-electron chi connectivity index (χ3n) is 3.44. The van der Waals surface area contributed by atoms with E-state index in [4.69, 9.17) is 0 Å². The van der Waals surface area contributed by atoms with E-state index < -0.39 is 16.1 Å². The predicted molar refractivity (Wildman–Crippen MR) is 76.3 cm³/mol. The number of rotatable bonds is 6. The molecule has 0 bridgehead atoms. The Kier molecular flexibility index (Phi) is 6.26. The Morgan fingerprint density at radius 3 is 2.63 bits per heavy atom. The smallest absolute Gasteiger partial charge is 0.238 e. The van der Waals surface area contributed by atoms with Crippen LogP contribution in [-0.2, 0) is 14.8 Å². The molecule has 1 fully saturated rings. The SMILES string of the molecule is CC(C)CCCNC(=O)C1CCCCN1S(C)(=O)=O. The van der Waals surface area contributed by atoms with Crippen LogP contribution in [0.1, 0.15) is 46.0 Å². The van der Waals surface area contributed by atoms with Gasteiger partial charge in [-0.2, -0.15) is 4.31 Å². The third kappa shape index (κ3) is 5.48. The zero-order valence-corrected chi connectivity index (χ0v) is 13.0. The van der Waals surface area contributed by atoms with Crippen LogP contribution in [0.3, 0.4) is 0 Å². The Labute approximate surface area is 116 Å². The van der Waals surface area contributed by atoms with Crippen LogP contribution in [0.2, 0.25) is 0 Å². The van der Waals surface area contributed by atoms with Crippen molar-refractivity contribution in [2.45, 2.75) is 52.0 Å². The first-order chi connectivity index (χ1) is 8.82. The number of piperidine rings is 1. The van der Waals surface area contributed by atoms with Crippen molar-refractivity contribution in [1.82, 2.24) is 9.62 Å². The van der Waals surface area contributed by atoms with Crippen LogP contribution >= 0.6 is 0 Å². The summed E-state index contributed by atoms with van der Waals surface area (Å²) in [7, 11) is -3.29. The number of nitrogens with zero attached hydrogens (tertiary/aromatic N) is 1. The fraction of sp³-hybridized carbons (Fsp3) is 0.923. The molecule has 1 heterocycles. The highest BCUT2D eigenvalue weighted by molar-refractivity contribution is 7.88. The van der Waals surface area contributed by atoms with E-state index >= 15 is 0 Å². The van der Waals surface area contributed by atoms with Gasteiger partial charge in [0.05, 0.1) is 6.26 Å². The van der Waals surface area contributed by atoms with E-state index in [-0.39, 0.29) is 5.91 Å². The zero-order chi connectivity index (χ0) is 14.5. The van der Waals surface area contributed by atoms with Crippen LogP contribution < -0.4 is 5.32 Å². The lowest BCUT2D eigenvalue weighted by molar-refractivity contribution is -0.125. The third-order valence-corrected chi connectivity index (χ3v) is 4.73. The Morgan fingerprint density at radius 1 is 1.37 bits per heavy atom. The van der Waals surface area contributed by atoms with Gasteiger partial charge in [0, 0.05) is 13.1 Å². The van der Waals surface area contributed by atoms with Crippen LogP contribution in [0, 0.1) is 5.92 Å². The van der Waals surface area contributed by atoms with Crippen LogP contribution in [0.5, 0.6) is 0 Å². The summed E-state index contributed by atoms with van der Waals surface area (Å²) >= 11 is 0. The second-order valence-corrected chi connectivity index (χ2v) is 7.65. The minimum absolute atomic E-state index is 0.145. The van der Waals surface area contributed by atoms with Crippen molar-refractivity contribution in [3.05, 3.63) is 0 Å². The second-order valence-electron chi connectivity index (χ2n) is 5.71. The summed E-state index contributed by atoms with van der Waals surface area (Å²) in [5.74, 6) is 0.480. The van der Waals surface area contributed by atoms with Gasteiger partial charge < -0.3 is 5.32 Å². The van der Waals surface area contributed by atoms with Gasteiger partial charge in [-0.05, 0) is 31.6 Å². The highest BCUT2D eigenvalue weighted by Crippen LogP contribution is 2.19. The molecule has 0 spiro atoms. The van der Waals surface area contributed by atoms with Gasteiger partial charge in [0.1, 0.15) is 6.04 Å². The Morgan fingerprint density at radius 2 is 2.05 bits per heavy atom. The molecule has 1 saturated heterocycles. The zero-order valence-electron chi connectivity index (χ0n) is 12.2. The topological polar surface area (TPSA) is 66.5 Å². The van der Waals surface area contributed by atoms with Crippen molar-refractivity contribution in [3.63, 3.8) is 0 Å². The lowest BCUT2D eigenvalue weighted by Gasteiger charge is -2.32. The Hall–Kier alpha value is -0.620. The molecule has 0 aromatic heterocycles. The molecule has 6 heteroatoms. The number of hydrogen-bond acceptors (Lipinski definition) is 3. The molecule has 0 aromatic rings. The van der Waals surface area contributed by atoms with Crippen molar-refractivity contribution in [3.8, 4) is 0 Å². The number of carbonyl (C=O) groups is 1. The first-order valence-corrected chi connectivity index (χ1v) is 8.91. The van der Waals surface area contributed by atoms with Gasteiger partial charge in [-0.1, -0.05) is 20.3 Å². The van der Waals surface area contributed by atoms with Crippen LogP contribution in [-0.4, -0.2) is 44.0 Å². The van der Waals surface area contributed by atoms with Gasteiger partial charge in [-0.25, -0.2) is 8.42 Å². The van der Waals surface area contributed by atoms with Crippen molar-refractivity contribution in [2.24, 2.45) is 5.92 Å². The molecular weight excluding hydrogens is 264 g/mol. The van der Waals surface area contributed by atoms with Crippen LogP contribution in [0.15, 0.2) is 0 Å². The highest BCUT2D eigenvalue weighted by atomic mass is 32.2. The molecule has 112 valence electrons. The molecule has 1 unspecified atom stereocenters. The van der Waals surface area contributed by atoms with Crippen molar-refractivity contribution >= 4 is 15.9 Å². The van der Waals surface area contributed by atoms with Gasteiger partial charge in [-0.3, -0.25) is 4.79 Å². The van der Waals surface area contributed by atoms with Crippen molar-refractivity contribution in [2.75, 3.05) is 19.3 Å². The van der Waals surface area contributed by atoms with Gasteiger partial charge in [0.15, 0.2) is 0 Å². The van der Waals surface area contributed by atoms with Crippen molar-refractivity contribution < 1.29 is 13.2 Å². The van der Waals surface area contributed by atoms with E-state index in [0.29, 0.717) is 25.4 Å². The molecule has 0 aromatic carbocycles. The van der Waals surface area contributed by atoms with E-state index in [1.807, 2.05) is 0 Å². The van der Waals surface area contributed by atoms with E-state index in [1.54, 1.807) is 0 Å². The lowest BCUT2D eigenvalue weighted by Crippen LogP contribution is -2.51. The molecule has 1 atom stereocenters. The summed E-state index contributed by atoms with van der Waals surface area (Å²) in [6.45, 7) is 5.39.